The van der Waals surface area contributed by atoms with E-state index in [9.17, 15) is 9.59 Å². The molecule has 164 valence electrons. The predicted octanol–water partition coefficient (Wildman–Crippen LogP) is 4.49. The summed E-state index contributed by atoms with van der Waals surface area (Å²) in [6.45, 7) is 1.97. The highest BCUT2D eigenvalue weighted by Crippen LogP contribution is 2.31. The van der Waals surface area contributed by atoms with Gasteiger partial charge in [-0.1, -0.05) is 12.1 Å². The van der Waals surface area contributed by atoms with Gasteiger partial charge < -0.3 is 20.4 Å². The SMILES string of the molecule is Cc1cnc(Nc2ccc3c(c2)CCC(=O)N3C)cc1Nc1ccccc1C(=O)N(C)C. The zero-order chi connectivity index (χ0) is 22.8. The molecular formula is C25H27N5O2. The number of fused-ring (bicyclic) bond motifs is 1. The van der Waals surface area contributed by atoms with Crippen molar-refractivity contribution in [1.82, 2.24) is 9.88 Å². The van der Waals surface area contributed by atoms with Crippen LogP contribution in [-0.2, 0) is 11.2 Å². The molecule has 0 fully saturated rings. The van der Waals surface area contributed by atoms with E-state index in [1.165, 1.54) is 0 Å². The Kier molecular flexibility index (Phi) is 5.81. The summed E-state index contributed by atoms with van der Waals surface area (Å²) in [6.07, 6.45) is 3.06. The smallest absolute Gasteiger partial charge is 0.255 e. The number of nitrogens with one attached hydrogen (secondary N) is 2. The summed E-state index contributed by atoms with van der Waals surface area (Å²) in [5, 5.41) is 6.75. The van der Waals surface area contributed by atoms with E-state index in [1.807, 2.05) is 56.4 Å². The summed E-state index contributed by atoms with van der Waals surface area (Å²) in [5.74, 6) is 0.771. The van der Waals surface area contributed by atoms with E-state index < -0.39 is 0 Å². The molecule has 1 aliphatic heterocycles. The van der Waals surface area contributed by atoms with Crippen molar-refractivity contribution in [2.75, 3.05) is 36.7 Å². The molecule has 4 rings (SSSR count). The first-order chi connectivity index (χ1) is 15.3. The molecule has 0 radical (unpaired) electrons. The van der Waals surface area contributed by atoms with Crippen LogP contribution in [0, 0.1) is 6.92 Å². The number of benzene rings is 2. The Morgan fingerprint density at radius 3 is 2.59 bits per heavy atom. The average molecular weight is 430 g/mol. The molecule has 7 heteroatoms. The number of amides is 2. The molecule has 2 N–H and O–H groups in total. The van der Waals surface area contributed by atoms with Gasteiger partial charge in [0.15, 0.2) is 0 Å². The number of rotatable bonds is 5. The van der Waals surface area contributed by atoms with E-state index in [-0.39, 0.29) is 11.8 Å². The van der Waals surface area contributed by atoms with E-state index in [0.29, 0.717) is 17.8 Å². The van der Waals surface area contributed by atoms with Crippen molar-refractivity contribution in [2.24, 2.45) is 0 Å². The summed E-state index contributed by atoms with van der Waals surface area (Å²) in [5.41, 5.74) is 6.19. The van der Waals surface area contributed by atoms with Gasteiger partial charge in [-0.05, 0) is 54.8 Å². The molecule has 2 heterocycles. The lowest BCUT2D eigenvalue weighted by Gasteiger charge is -2.26. The maximum atomic E-state index is 12.5. The minimum absolute atomic E-state index is 0.0596. The topological polar surface area (TPSA) is 77.6 Å². The highest BCUT2D eigenvalue weighted by Gasteiger charge is 2.21. The Morgan fingerprint density at radius 1 is 1.03 bits per heavy atom. The van der Waals surface area contributed by atoms with E-state index in [4.69, 9.17) is 0 Å². The van der Waals surface area contributed by atoms with Crippen molar-refractivity contribution in [1.29, 1.82) is 0 Å². The Bertz CT molecular complexity index is 1190. The third-order valence-corrected chi connectivity index (χ3v) is 5.63. The van der Waals surface area contributed by atoms with Crippen LogP contribution in [0.25, 0.3) is 0 Å². The number of hydrogen-bond donors (Lipinski definition) is 2. The molecule has 1 aromatic heterocycles. The Labute approximate surface area is 188 Å². The van der Waals surface area contributed by atoms with Crippen molar-refractivity contribution >= 4 is 40.4 Å². The second-order valence-corrected chi connectivity index (χ2v) is 8.18. The number of hydrogen-bond acceptors (Lipinski definition) is 5. The molecule has 0 unspecified atom stereocenters. The zero-order valence-electron chi connectivity index (χ0n) is 18.8. The number of nitrogens with zero attached hydrogens (tertiary/aromatic N) is 3. The number of carbonyl (C=O) groups excluding carboxylic acids is 2. The predicted molar refractivity (Wildman–Crippen MR) is 128 cm³/mol. The highest BCUT2D eigenvalue weighted by atomic mass is 16.2. The van der Waals surface area contributed by atoms with Crippen LogP contribution in [0.4, 0.5) is 28.6 Å². The second-order valence-electron chi connectivity index (χ2n) is 8.18. The van der Waals surface area contributed by atoms with Crippen molar-refractivity contribution in [3.05, 3.63) is 71.4 Å². The lowest BCUT2D eigenvalue weighted by atomic mass is 10.0. The molecule has 0 bridgehead atoms. The summed E-state index contributed by atoms with van der Waals surface area (Å²) >= 11 is 0. The largest absolute Gasteiger partial charge is 0.355 e. The molecule has 0 aliphatic carbocycles. The van der Waals surface area contributed by atoms with Gasteiger partial charge in [0.05, 0.1) is 11.3 Å². The number of pyridine rings is 1. The summed E-state index contributed by atoms with van der Waals surface area (Å²) in [6, 6.07) is 15.4. The van der Waals surface area contributed by atoms with Crippen LogP contribution < -0.4 is 15.5 Å². The minimum Gasteiger partial charge on any atom is -0.355 e. The van der Waals surface area contributed by atoms with Gasteiger partial charge in [-0.25, -0.2) is 4.98 Å². The van der Waals surface area contributed by atoms with Gasteiger partial charge in [-0.2, -0.15) is 0 Å². The molecule has 0 saturated heterocycles. The van der Waals surface area contributed by atoms with E-state index in [0.717, 1.165) is 40.3 Å². The van der Waals surface area contributed by atoms with E-state index in [1.54, 1.807) is 30.1 Å². The maximum absolute atomic E-state index is 12.5. The molecule has 0 atom stereocenters. The molecule has 3 aromatic rings. The van der Waals surface area contributed by atoms with Crippen molar-refractivity contribution in [2.45, 2.75) is 19.8 Å². The second kappa shape index (κ2) is 8.70. The molecule has 32 heavy (non-hydrogen) atoms. The van der Waals surface area contributed by atoms with Gasteiger partial charge in [0.2, 0.25) is 5.91 Å². The molecule has 2 amide bonds. The van der Waals surface area contributed by atoms with Crippen LogP contribution in [0.1, 0.15) is 27.9 Å². The Balaban J connectivity index is 1.58. The molecule has 0 saturated carbocycles. The first-order valence-electron chi connectivity index (χ1n) is 10.5. The fourth-order valence-electron chi connectivity index (χ4n) is 3.77. The summed E-state index contributed by atoms with van der Waals surface area (Å²) in [7, 11) is 5.29. The van der Waals surface area contributed by atoms with Crippen LogP contribution in [0.5, 0.6) is 0 Å². The van der Waals surface area contributed by atoms with Gasteiger partial charge >= 0.3 is 0 Å². The van der Waals surface area contributed by atoms with Gasteiger partial charge in [-0.3, -0.25) is 9.59 Å². The van der Waals surface area contributed by atoms with Crippen LogP contribution in [0.15, 0.2) is 54.7 Å². The van der Waals surface area contributed by atoms with Crippen LogP contribution >= 0.6 is 0 Å². The monoisotopic (exact) mass is 429 g/mol. The Morgan fingerprint density at radius 2 is 1.81 bits per heavy atom. The van der Waals surface area contributed by atoms with E-state index in [2.05, 4.69) is 21.7 Å². The zero-order valence-corrected chi connectivity index (χ0v) is 18.8. The van der Waals surface area contributed by atoms with Crippen molar-refractivity contribution < 1.29 is 9.59 Å². The van der Waals surface area contributed by atoms with Gasteiger partial charge in [0, 0.05) is 56.9 Å². The first-order valence-corrected chi connectivity index (χ1v) is 10.5. The number of aryl methyl sites for hydroxylation is 2. The highest BCUT2D eigenvalue weighted by molar-refractivity contribution is 6.00. The van der Waals surface area contributed by atoms with Crippen LogP contribution in [0.2, 0.25) is 0 Å². The number of anilines is 5. The first kappa shape index (κ1) is 21.4. The fraction of sp³-hybridized carbons (Fsp3) is 0.240. The fourth-order valence-corrected chi connectivity index (χ4v) is 3.77. The Hall–Kier alpha value is -3.87. The van der Waals surface area contributed by atoms with Gasteiger partial charge in [0.25, 0.3) is 5.91 Å². The van der Waals surface area contributed by atoms with Crippen molar-refractivity contribution in [3.8, 4) is 0 Å². The molecule has 2 aromatic carbocycles. The quantitative estimate of drug-likeness (QED) is 0.625. The minimum atomic E-state index is -0.0596. The maximum Gasteiger partial charge on any atom is 0.255 e. The number of carbonyl (C=O) groups is 2. The summed E-state index contributed by atoms with van der Waals surface area (Å²) < 4.78 is 0. The standard InChI is InChI=1S/C25H27N5O2/c1-16-15-26-23(27-18-10-11-22-17(13-18)9-12-24(31)30(22)4)14-21(16)28-20-8-6-5-7-19(20)25(32)29(2)3/h5-8,10-11,13-15H,9,12H2,1-4H3,(H2,26,27,28). The molecule has 1 aliphatic rings. The third-order valence-electron chi connectivity index (χ3n) is 5.63. The van der Waals surface area contributed by atoms with E-state index >= 15 is 0 Å². The molecule has 0 spiro atoms. The van der Waals surface area contributed by atoms with Crippen LogP contribution in [0.3, 0.4) is 0 Å². The summed E-state index contributed by atoms with van der Waals surface area (Å²) in [4.78, 5) is 32.3. The normalized spacial score (nSPS) is 12.9. The average Bonchev–Trinajstić information content (AvgIpc) is 2.78. The number of aromatic nitrogens is 1. The van der Waals surface area contributed by atoms with Gasteiger partial charge in [0.1, 0.15) is 5.82 Å². The van der Waals surface area contributed by atoms with Crippen LogP contribution in [-0.4, -0.2) is 42.8 Å². The number of para-hydroxylation sites is 1. The lowest BCUT2D eigenvalue weighted by molar-refractivity contribution is -0.118. The lowest BCUT2D eigenvalue weighted by Crippen LogP contribution is -2.31. The van der Waals surface area contributed by atoms with Crippen molar-refractivity contribution in [3.63, 3.8) is 0 Å². The molecular weight excluding hydrogens is 402 g/mol. The third kappa shape index (κ3) is 4.27. The van der Waals surface area contributed by atoms with Gasteiger partial charge in [-0.15, -0.1) is 0 Å². The molecule has 7 nitrogen and oxygen atoms in total.